The SMILES string of the molecule is COC(=O)/C=C/c1ccc(Oc2ccc(F)cc2F)c([N+](=O)[O-])c1. The monoisotopic (exact) mass is 335 g/mol. The Kier molecular flexibility index (Phi) is 5.20. The fraction of sp³-hybridized carbons (Fsp3) is 0.0625. The molecule has 0 saturated heterocycles. The van der Waals surface area contributed by atoms with Gasteiger partial charge in [-0.3, -0.25) is 10.1 Å². The number of esters is 1. The van der Waals surface area contributed by atoms with Crippen molar-refractivity contribution in [2.24, 2.45) is 0 Å². The van der Waals surface area contributed by atoms with Crippen LogP contribution in [0, 0.1) is 21.7 Å². The Morgan fingerprint density at radius 2 is 1.88 bits per heavy atom. The van der Waals surface area contributed by atoms with Gasteiger partial charge in [-0.1, -0.05) is 6.07 Å². The Morgan fingerprint density at radius 1 is 1.17 bits per heavy atom. The summed E-state index contributed by atoms with van der Waals surface area (Å²) in [5.74, 6) is -2.97. The molecule has 0 aliphatic rings. The molecule has 0 amide bonds. The molecule has 0 bridgehead atoms. The Morgan fingerprint density at radius 3 is 2.50 bits per heavy atom. The number of halogens is 2. The first kappa shape index (κ1) is 17.1. The zero-order valence-electron chi connectivity index (χ0n) is 12.4. The van der Waals surface area contributed by atoms with E-state index in [2.05, 4.69) is 4.74 Å². The highest BCUT2D eigenvalue weighted by molar-refractivity contribution is 5.87. The smallest absolute Gasteiger partial charge is 0.330 e. The van der Waals surface area contributed by atoms with Crippen LogP contribution in [-0.2, 0) is 9.53 Å². The third kappa shape index (κ3) is 4.13. The number of carbonyl (C=O) groups excluding carboxylic acids is 1. The van der Waals surface area contributed by atoms with Crippen LogP contribution in [0.25, 0.3) is 6.08 Å². The van der Waals surface area contributed by atoms with E-state index in [1.165, 1.54) is 25.3 Å². The van der Waals surface area contributed by atoms with Crippen LogP contribution in [0.5, 0.6) is 11.5 Å². The van der Waals surface area contributed by atoms with Gasteiger partial charge in [0.1, 0.15) is 5.82 Å². The molecule has 124 valence electrons. The molecule has 24 heavy (non-hydrogen) atoms. The molecule has 0 aliphatic carbocycles. The van der Waals surface area contributed by atoms with E-state index in [4.69, 9.17) is 4.74 Å². The Balaban J connectivity index is 2.34. The number of nitro groups is 1. The minimum Gasteiger partial charge on any atom is -0.466 e. The number of carbonyl (C=O) groups is 1. The summed E-state index contributed by atoms with van der Waals surface area (Å²) < 4.78 is 36.1. The molecule has 0 spiro atoms. The molecular formula is C16H11F2NO5. The molecule has 8 heteroatoms. The number of methoxy groups -OCH3 is 1. The van der Waals surface area contributed by atoms with E-state index in [1.54, 1.807) is 0 Å². The topological polar surface area (TPSA) is 78.7 Å². The highest BCUT2D eigenvalue weighted by Crippen LogP contribution is 2.33. The summed E-state index contributed by atoms with van der Waals surface area (Å²) >= 11 is 0. The minimum atomic E-state index is -0.987. The Labute approximate surface area is 135 Å². The molecule has 0 aliphatic heterocycles. The molecule has 0 N–H and O–H groups in total. The number of hydrogen-bond donors (Lipinski definition) is 0. The number of nitro benzene ring substituents is 1. The molecule has 0 aromatic heterocycles. The highest BCUT2D eigenvalue weighted by Gasteiger charge is 2.18. The maximum absolute atomic E-state index is 13.6. The zero-order chi connectivity index (χ0) is 17.7. The summed E-state index contributed by atoms with van der Waals surface area (Å²) in [6.45, 7) is 0. The fourth-order valence-electron chi connectivity index (χ4n) is 1.78. The van der Waals surface area contributed by atoms with Crippen molar-refractivity contribution < 1.29 is 28.0 Å². The van der Waals surface area contributed by atoms with E-state index >= 15 is 0 Å². The van der Waals surface area contributed by atoms with Crippen LogP contribution in [0.3, 0.4) is 0 Å². The average Bonchev–Trinajstić information content (AvgIpc) is 2.55. The third-order valence-corrected chi connectivity index (χ3v) is 2.91. The Bertz CT molecular complexity index is 820. The van der Waals surface area contributed by atoms with E-state index in [9.17, 15) is 23.7 Å². The normalized spacial score (nSPS) is 10.6. The maximum atomic E-state index is 13.6. The minimum absolute atomic E-state index is 0.222. The molecule has 6 nitrogen and oxygen atoms in total. The van der Waals surface area contributed by atoms with Gasteiger partial charge in [-0.05, 0) is 29.8 Å². The van der Waals surface area contributed by atoms with E-state index < -0.39 is 28.2 Å². The number of nitrogens with zero attached hydrogens (tertiary/aromatic N) is 1. The first-order valence-electron chi connectivity index (χ1n) is 6.58. The highest BCUT2D eigenvalue weighted by atomic mass is 19.1. The summed E-state index contributed by atoms with van der Waals surface area (Å²) in [6.07, 6.45) is 2.42. The van der Waals surface area contributed by atoms with E-state index in [1.807, 2.05) is 0 Å². The largest absolute Gasteiger partial charge is 0.466 e. The lowest BCUT2D eigenvalue weighted by Gasteiger charge is -2.08. The maximum Gasteiger partial charge on any atom is 0.330 e. The Hall–Kier alpha value is -3.29. The van der Waals surface area contributed by atoms with Gasteiger partial charge in [0.15, 0.2) is 11.6 Å². The van der Waals surface area contributed by atoms with Gasteiger partial charge in [0.25, 0.3) is 0 Å². The average molecular weight is 335 g/mol. The summed E-state index contributed by atoms with van der Waals surface area (Å²) in [7, 11) is 1.20. The van der Waals surface area contributed by atoms with Crippen molar-refractivity contribution in [1.82, 2.24) is 0 Å². The fourth-order valence-corrected chi connectivity index (χ4v) is 1.78. The summed E-state index contributed by atoms with van der Waals surface area (Å²) in [5.41, 5.74) is -0.0928. The molecule has 0 radical (unpaired) electrons. The first-order chi connectivity index (χ1) is 11.4. The summed E-state index contributed by atoms with van der Waals surface area (Å²) in [5, 5.41) is 11.2. The molecule has 0 fully saturated rings. The van der Waals surface area contributed by atoms with Crippen molar-refractivity contribution in [3.8, 4) is 11.5 Å². The van der Waals surface area contributed by atoms with Gasteiger partial charge in [-0.15, -0.1) is 0 Å². The van der Waals surface area contributed by atoms with Gasteiger partial charge >= 0.3 is 11.7 Å². The second kappa shape index (κ2) is 7.32. The first-order valence-corrected chi connectivity index (χ1v) is 6.58. The van der Waals surface area contributed by atoms with Crippen LogP contribution in [0.2, 0.25) is 0 Å². The molecule has 0 saturated carbocycles. The van der Waals surface area contributed by atoms with Gasteiger partial charge < -0.3 is 9.47 Å². The molecule has 0 atom stereocenters. The quantitative estimate of drug-likeness (QED) is 0.359. The molecule has 2 aromatic carbocycles. The molecule has 0 heterocycles. The van der Waals surface area contributed by atoms with Crippen molar-refractivity contribution in [3.05, 3.63) is 69.8 Å². The molecule has 2 rings (SSSR count). The van der Waals surface area contributed by atoms with Gasteiger partial charge in [-0.25, -0.2) is 13.6 Å². The van der Waals surface area contributed by atoms with Crippen LogP contribution >= 0.6 is 0 Å². The van der Waals surface area contributed by atoms with Crippen LogP contribution in [0.4, 0.5) is 14.5 Å². The van der Waals surface area contributed by atoms with E-state index in [-0.39, 0.29) is 11.5 Å². The van der Waals surface area contributed by atoms with Gasteiger partial charge in [0, 0.05) is 18.2 Å². The second-order valence-electron chi connectivity index (χ2n) is 4.52. The summed E-state index contributed by atoms with van der Waals surface area (Å²) in [4.78, 5) is 21.5. The van der Waals surface area contributed by atoms with E-state index in [0.29, 0.717) is 11.6 Å². The van der Waals surface area contributed by atoms with Crippen LogP contribution in [-0.4, -0.2) is 18.0 Å². The predicted octanol–water partition coefficient (Wildman–Crippen LogP) is 3.85. The lowest BCUT2D eigenvalue weighted by molar-refractivity contribution is -0.385. The second-order valence-corrected chi connectivity index (χ2v) is 4.52. The third-order valence-electron chi connectivity index (χ3n) is 2.91. The molecule has 2 aromatic rings. The molecule has 0 unspecified atom stereocenters. The van der Waals surface area contributed by atoms with Crippen molar-refractivity contribution >= 4 is 17.7 Å². The van der Waals surface area contributed by atoms with Crippen molar-refractivity contribution in [3.63, 3.8) is 0 Å². The lowest BCUT2D eigenvalue weighted by atomic mass is 10.1. The van der Waals surface area contributed by atoms with Crippen LogP contribution < -0.4 is 4.74 Å². The number of hydrogen-bond acceptors (Lipinski definition) is 5. The van der Waals surface area contributed by atoms with Crippen molar-refractivity contribution in [1.29, 1.82) is 0 Å². The predicted molar refractivity (Wildman–Crippen MR) is 80.6 cm³/mol. The summed E-state index contributed by atoms with van der Waals surface area (Å²) in [6, 6.07) is 6.43. The van der Waals surface area contributed by atoms with Crippen LogP contribution in [0.15, 0.2) is 42.5 Å². The number of ether oxygens (including phenoxy) is 2. The lowest BCUT2D eigenvalue weighted by Crippen LogP contribution is -1.96. The number of rotatable bonds is 5. The van der Waals surface area contributed by atoms with Gasteiger partial charge in [-0.2, -0.15) is 0 Å². The van der Waals surface area contributed by atoms with Gasteiger partial charge in [0.2, 0.25) is 5.75 Å². The van der Waals surface area contributed by atoms with Crippen molar-refractivity contribution in [2.75, 3.05) is 7.11 Å². The zero-order valence-corrected chi connectivity index (χ0v) is 12.4. The van der Waals surface area contributed by atoms with Crippen LogP contribution in [0.1, 0.15) is 5.56 Å². The van der Waals surface area contributed by atoms with Crippen molar-refractivity contribution in [2.45, 2.75) is 0 Å². The van der Waals surface area contributed by atoms with E-state index in [0.717, 1.165) is 24.3 Å². The standard InChI is InChI=1S/C16H11F2NO5/c1-23-16(20)7-3-10-2-5-15(13(8-10)19(21)22)24-14-6-4-11(17)9-12(14)18/h2-9H,1H3/b7-3+. The number of benzene rings is 2. The van der Waals surface area contributed by atoms with Gasteiger partial charge in [0.05, 0.1) is 12.0 Å². The molecular weight excluding hydrogens is 324 g/mol.